The van der Waals surface area contributed by atoms with Crippen LogP contribution in [0.1, 0.15) is 28.4 Å². The van der Waals surface area contributed by atoms with Gasteiger partial charge in [0.2, 0.25) is 10.0 Å². The molecule has 1 N–H and O–H groups in total. The summed E-state index contributed by atoms with van der Waals surface area (Å²) in [4.78, 5) is 15.0. The Kier molecular flexibility index (Phi) is 8.20. The van der Waals surface area contributed by atoms with Gasteiger partial charge in [-0.2, -0.15) is 4.31 Å². The normalized spacial score (nSPS) is 15.2. The van der Waals surface area contributed by atoms with Gasteiger partial charge < -0.3 is 15.0 Å². The average Bonchev–Trinajstić information content (AvgIpc) is 2.79. The fraction of sp³-hybridized carbons (Fsp3) is 0.435. The maximum absolute atomic E-state index is 13.2. The van der Waals surface area contributed by atoms with Crippen LogP contribution in [-0.4, -0.2) is 70.0 Å². The fourth-order valence-corrected chi connectivity index (χ4v) is 5.32. The van der Waals surface area contributed by atoms with Crippen LogP contribution < -0.4 is 5.32 Å². The second kappa shape index (κ2) is 10.9. The molecule has 2 aromatic carbocycles. The number of rotatable bonds is 9. The van der Waals surface area contributed by atoms with E-state index in [0.717, 1.165) is 6.54 Å². The van der Waals surface area contributed by atoms with E-state index in [9.17, 15) is 13.2 Å². The molecule has 2 aromatic rings. The van der Waals surface area contributed by atoms with Crippen LogP contribution in [0.3, 0.4) is 0 Å². The lowest BCUT2D eigenvalue weighted by Crippen LogP contribution is -2.41. The highest BCUT2D eigenvalue weighted by Gasteiger charge is 2.29. The summed E-state index contributed by atoms with van der Waals surface area (Å²) in [6.07, 6.45) is 0.574. The van der Waals surface area contributed by atoms with Crippen molar-refractivity contribution in [3.63, 3.8) is 0 Å². The molecule has 1 saturated heterocycles. The predicted molar refractivity (Wildman–Crippen MR) is 121 cm³/mol. The Hall–Kier alpha value is -2.26. The Balaban J connectivity index is 1.64. The molecular weight excluding hydrogens is 414 g/mol. The number of hydrogen-bond acceptors (Lipinski definition) is 5. The Morgan fingerprint density at radius 2 is 1.84 bits per heavy atom. The van der Waals surface area contributed by atoms with E-state index >= 15 is 0 Å². The van der Waals surface area contributed by atoms with Crippen LogP contribution in [0.2, 0.25) is 0 Å². The van der Waals surface area contributed by atoms with Crippen molar-refractivity contribution in [3.8, 4) is 0 Å². The number of carbonyl (C=O) groups is 1. The summed E-state index contributed by atoms with van der Waals surface area (Å²) in [6.45, 7) is 5.30. The molecule has 3 rings (SSSR count). The Morgan fingerprint density at radius 3 is 2.52 bits per heavy atom. The summed E-state index contributed by atoms with van der Waals surface area (Å²) >= 11 is 0. The SMILES string of the molecule is CCc1ccc(C(=O)NCCN(C)Cc2ccccc2)cc1S(=O)(=O)N1CCOCC1. The molecule has 1 heterocycles. The number of likely N-dealkylation sites (N-methyl/N-ethyl adjacent to an activating group) is 1. The van der Waals surface area contributed by atoms with E-state index < -0.39 is 10.0 Å². The number of nitrogens with zero attached hydrogens (tertiary/aromatic N) is 2. The molecule has 168 valence electrons. The third-order valence-electron chi connectivity index (χ3n) is 5.37. The van der Waals surface area contributed by atoms with Gasteiger partial charge in [0.05, 0.1) is 18.1 Å². The summed E-state index contributed by atoms with van der Waals surface area (Å²) in [5.41, 5.74) is 2.28. The Bertz CT molecular complexity index is 974. The van der Waals surface area contributed by atoms with Crippen LogP contribution in [0.5, 0.6) is 0 Å². The second-order valence-electron chi connectivity index (χ2n) is 7.67. The third kappa shape index (κ3) is 6.13. The summed E-state index contributed by atoms with van der Waals surface area (Å²) in [7, 11) is -1.66. The van der Waals surface area contributed by atoms with Crippen LogP contribution in [-0.2, 0) is 27.7 Å². The Morgan fingerprint density at radius 1 is 1.13 bits per heavy atom. The number of ether oxygens (including phenoxy) is 1. The van der Waals surface area contributed by atoms with Crippen molar-refractivity contribution < 1.29 is 17.9 Å². The number of nitrogens with one attached hydrogen (secondary N) is 1. The smallest absolute Gasteiger partial charge is 0.251 e. The highest BCUT2D eigenvalue weighted by atomic mass is 32.2. The van der Waals surface area contributed by atoms with Gasteiger partial charge in [0, 0.05) is 38.3 Å². The molecule has 1 amide bonds. The minimum Gasteiger partial charge on any atom is -0.379 e. The molecule has 8 heteroatoms. The summed E-state index contributed by atoms with van der Waals surface area (Å²) in [6, 6.07) is 15.1. The van der Waals surface area contributed by atoms with E-state index in [1.165, 1.54) is 15.9 Å². The van der Waals surface area contributed by atoms with E-state index in [-0.39, 0.29) is 10.8 Å². The molecule has 0 spiro atoms. The van der Waals surface area contributed by atoms with Crippen LogP contribution in [0.4, 0.5) is 0 Å². The number of morpholine rings is 1. The molecule has 0 radical (unpaired) electrons. The summed E-state index contributed by atoms with van der Waals surface area (Å²) in [5.74, 6) is -0.269. The third-order valence-corrected chi connectivity index (χ3v) is 7.35. The van der Waals surface area contributed by atoms with Gasteiger partial charge in [0.25, 0.3) is 5.91 Å². The molecule has 0 unspecified atom stereocenters. The van der Waals surface area contributed by atoms with Crippen molar-refractivity contribution in [1.82, 2.24) is 14.5 Å². The number of hydrogen-bond donors (Lipinski definition) is 1. The first-order valence-electron chi connectivity index (χ1n) is 10.6. The minimum absolute atomic E-state index is 0.214. The zero-order valence-electron chi connectivity index (χ0n) is 18.2. The van der Waals surface area contributed by atoms with Crippen molar-refractivity contribution in [2.45, 2.75) is 24.8 Å². The first-order valence-corrected chi connectivity index (χ1v) is 12.1. The van der Waals surface area contributed by atoms with Crippen molar-refractivity contribution in [2.75, 3.05) is 46.4 Å². The van der Waals surface area contributed by atoms with E-state index in [2.05, 4.69) is 22.3 Å². The zero-order chi connectivity index (χ0) is 22.3. The maximum atomic E-state index is 13.2. The molecule has 1 aliphatic rings. The number of aryl methyl sites for hydroxylation is 1. The molecular formula is C23H31N3O4S. The average molecular weight is 446 g/mol. The summed E-state index contributed by atoms with van der Waals surface area (Å²) in [5, 5.41) is 2.90. The first kappa shape index (κ1) is 23.4. The first-order chi connectivity index (χ1) is 14.9. The number of carbonyl (C=O) groups excluding carboxylic acids is 1. The molecule has 0 atom stereocenters. The van der Waals surface area contributed by atoms with Crippen molar-refractivity contribution in [2.24, 2.45) is 0 Å². The van der Waals surface area contributed by atoms with Crippen LogP contribution in [0, 0.1) is 0 Å². The van der Waals surface area contributed by atoms with E-state index in [1.807, 2.05) is 32.2 Å². The zero-order valence-corrected chi connectivity index (χ0v) is 19.0. The quantitative estimate of drug-likeness (QED) is 0.640. The van der Waals surface area contributed by atoms with E-state index in [1.54, 1.807) is 12.1 Å². The van der Waals surface area contributed by atoms with Crippen LogP contribution >= 0.6 is 0 Å². The number of amides is 1. The number of sulfonamides is 1. The molecule has 1 aliphatic heterocycles. The van der Waals surface area contributed by atoms with Gasteiger partial charge in [-0.25, -0.2) is 8.42 Å². The maximum Gasteiger partial charge on any atom is 0.251 e. The van der Waals surface area contributed by atoms with Crippen molar-refractivity contribution >= 4 is 15.9 Å². The lowest BCUT2D eigenvalue weighted by molar-refractivity contribution is 0.0730. The largest absolute Gasteiger partial charge is 0.379 e. The molecule has 0 saturated carbocycles. The van der Waals surface area contributed by atoms with Gasteiger partial charge >= 0.3 is 0 Å². The lowest BCUT2D eigenvalue weighted by atomic mass is 10.1. The number of benzene rings is 2. The van der Waals surface area contributed by atoms with Gasteiger partial charge in [-0.3, -0.25) is 4.79 Å². The standard InChI is InChI=1S/C23H31N3O4S/c1-3-20-9-10-21(17-22(20)31(28,29)26-13-15-30-16-14-26)23(27)24-11-12-25(2)18-19-7-5-4-6-8-19/h4-10,17H,3,11-16,18H2,1-2H3,(H,24,27). The van der Waals surface area contributed by atoms with Crippen LogP contribution in [0.15, 0.2) is 53.4 Å². The molecule has 0 aliphatic carbocycles. The highest BCUT2D eigenvalue weighted by Crippen LogP contribution is 2.23. The molecule has 0 bridgehead atoms. The second-order valence-corrected chi connectivity index (χ2v) is 9.58. The monoisotopic (exact) mass is 445 g/mol. The minimum atomic E-state index is -3.66. The van der Waals surface area contributed by atoms with Gasteiger partial charge in [-0.05, 0) is 36.7 Å². The fourth-order valence-electron chi connectivity index (χ4n) is 3.59. The Labute approximate surface area is 185 Å². The summed E-state index contributed by atoms with van der Waals surface area (Å²) < 4.78 is 33.0. The van der Waals surface area contributed by atoms with E-state index in [4.69, 9.17) is 4.74 Å². The molecule has 0 aromatic heterocycles. The van der Waals surface area contributed by atoms with Crippen molar-refractivity contribution in [1.29, 1.82) is 0 Å². The van der Waals surface area contributed by atoms with Gasteiger partial charge in [-0.1, -0.05) is 43.3 Å². The van der Waals surface area contributed by atoms with Crippen molar-refractivity contribution in [3.05, 3.63) is 65.2 Å². The highest BCUT2D eigenvalue weighted by molar-refractivity contribution is 7.89. The molecule has 31 heavy (non-hydrogen) atoms. The van der Waals surface area contributed by atoms with Gasteiger partial charge in [-0.15, -0.1) is 0 Å². The van der Waals surface area contributed by atoms with Gasteiger partial charge in [0.1, 0.15) is 0 Å². The molecule has 7 nitrogen and oxygen atoms in total. The lowest BCUT2D eigenvalue weighted by Gasteiger charge is -2.27. The molecule has 1 fully saturated rings. The van der Waals surface area contributed by atoms with Gasteiger partial charge in [0.15, 0.2) is 0 Å². The van der Waals surface area contributed by atoms with Crippen LogP contribution in [0.25, 0.3) is 0 Å². The predicted octanol–water partition coefficient (Wildman–Crippen LogP) is 2.13. The topological polar surface area (TPSA) is 79.0 Å². The van der Waals surface area contributed by atoms with E-state index in [0.29, 0.717) is 56.9 Å².